The van der Waals surface area contributed by atoms with E-state index in [-0.39, 0.29) is 11.9 Å². The SMILES string of the molecule is O=C(N[C@H]1CCc2ccccc21)c1c[nH]cc1Cc1ccccc1. The fraction of sp³-hybridized carbons (Fsp3) is 0.190. The maximum absolute atomic E-state index is 12.8. The van der Waals surface area contributed by atoms with Crippen molar-refractivity contribution in [1.29, 1.82) is 0 Å². The zero-order valence-electron chi connectivity index (χ0n) is 13.5. The number of carbonyl (C=O) groups is 1. The third kappa shape index (κ3) is 2.85. The summed E-state index contributed by atoms with van der Waals surface area (Å²) < 4.78 is 0. The maximum atomic E-state index is 12.8. The van der Waals surface area contributed by atoms with Crippen LogP contribution >= 0.6 is 0 Å². The summed E-state index contributed by atoms with van der Waals surface area (Å²) in [5, 5.41) is 3.20. The fourth-order valence-corrected chi connectivity index (χ4v) is 3.51. The van der Waals surface area contributed by atoms with Crippen molar-refractivity contribution in [2.75, 3.05) is 0 Å². The molecule has 120 valence electrons. The van der Waals surface area contributed by atoms with E-state index in [2.05, 4.69) is 40.6 Å². The Kier molecular flexibility index (Phi) is 3.91. The van der Waals surface area contributed by atoms with Crippen LogP contribution in [-0.4, -0.2) is 10.9 Å². The average molecular weight is 316 g/mol. The molecule has 1 amide bonds. The largest absolute Gasteiger partial charge is 0.367 e. The first kappa shape index (κ1) is 14.8. The Morgan fingerprint density at radius 2 is 1.83 bits per heavy atom. The van der Waals surface area contributed by atoms with Gasteiger partial charge in [0.1, 0.15) is 0 Å². The van der Waals surface area contributed by atoms with Gasteiger partial charge in [-0.15, -0.1) is 0 Å². The van der Waals surface area contributed by atoms with Crippen LogP contribution in [0, 0.1) is 0 Å². The molecular formula is C21H20N2O. The fourth-order valence-electron chi connectivity index (χ4n) is 3.51. The van der Waals surface area contributed by atoms with Gasteiger partial charge >= 0.3 is 0 Å². The van der Waals surface area contributed by atoms with Crippen molar-refractivity contribution in [3.8, 4) is 0 Å². The molecule has 1 aliphatic carbocycles. The van der Waals surface area contributed by atoms with E-state index in [1.165, 1.54) is 16.7 Å². The first-order chi connectivity index (χ1) is 11.8. The highest BCUT2D eigenvalue weighted by molar-refractivity contribution is 5.96. The highest BCUT2D eigenvalue weighted by Gasteiger charge is 2.24. The molecule has 0 fully saturated rings. The smallest absolute Gasteiger partial charge is 0.253 e. The number of carbonyl (C=O) groups excluding carboxylic acids is 1. The molecule has 0 bridgehead atoms. The molecule has 2 aromatic carbocycles. The van der Waals surface area contributed by atoms with Gasteiger partial charge in [0.15, 0.2) is 0 Å². The summed E-state index contributed by atoms with van der Waals surface area (Å²) in [7, 11) is 0. The molecule has 24 heavy (non-hydrogen) atoms. The topological polar surface area (TPSA) is 44.9 Å². The molecule has 2 N–H and O–H groups in total. The molecule has 3 aromatic rings. The van der Waals surface area contributed by atoms with E-state index in [9.17, 15) is 4.79 Å². The maximum Gasteiger partial charge on any atom is 0.253 e. The minimum atomic E-state index is 0.00360. The summed E-state index contributed by atoms with van der Waals surface area (Å²) in [5.74, 6) is 0.00360. The van der Waals surface area contributed by atoms with Gasteiger partial charge in [-0.2, -0.15) is 0 Å². The number of rotatable bonds is 4. The number of aryl methyl sites for hydroxylation is 1. The number of amides is 1. The van der Waals surface area contributed by atoms with Crippen LogP contribution in [-0.2, 0) is 12.8 Å². The number of benzene rings is 2. The van der Waals surface area contributed by atoms with Gasteiger partial charge in [-0.3, -0.25) is 4.79 Å². The molecule has 0 unspecified atom stereocenters. The second kappa shape index (κ2) is 6.36. The molecule has 0 saturated heterocycles. The summed E-state index contributed by atoms with van der Waals surface area (Å²) >= 11 is 0. The summed E-state index contributed by atoms with van der Waals surface area (Å²) in [5.41, 5.74) is 5.58. The lowest BCUT2D eigenvalue weighted by Gasteiger charge is -2.14. The highest BCUT2D eigenvalue weighted by Crippen LogP contribution is 2.31. The number of hydrogen-bond donors (Lipinski definition) is 2. The quantitative estimate of drug-likeness (QED) is 0.750. The number of aromatic amines is 1. The van der Waals surface area contributed by atoms with Crippen LogP contribution in [0.25, 0.3) is 0 Å². The number of nitrogens with one attached hydrogen (secondary N) is 2. The van der Waals surface area contributed by atoms with Gasteiger partial charge in [0, 0.05) is 12.4 Å². The Labute approximate surface area is 141 Å². The molecule has 0 aliphatic heterocycles. The third-order valence-electron chi connectivity index (χ3n) is 4.75. The van der Waals surface area contributed by atoms with Gasteiger partial charge in [-0.25, -0.2) is 0 Å². The Balaban J connectivity index is 1.51. The Morgan fingerprint density at radius 1 is 1.04 bits per heavy atom. The lowest BCUT2D eigenvalue weighted by Crippen LogP contribution is -2.27. The Hall–Kier alpha value is -2.81. The number of H-pyrrole nitrogens is 1. The van der Waals surface area contributed by atoms with Gasteiger partial charge in [0.2, 0.25) is 0 Å². The zero-order valence-corrected chi connectivity index (χ0v) is 13.5. The molecule has 0 saturated carbocycles. The molecular weight excluding hydrogens is 296 g/mol. The highest BCUT2D eigenvalue weighted by atomic mass is 16.1. The van der Waals surface area contributed by atoms with E-state index in [4.69, 9.17) is 0 Å². The standard InChI is InChI=1S/C21H20N2O/c24-21(23-20-11-10-16-8-4-5-9-18(16)20)19-14-22-13-17(19)12-15-6-2-1-3-7-15/h1-9,13-14,20,22H,10-12H2,(H,23,24)/t20-/m0/s1. The monoisotopic (exact) mass is 316 g/mol. The number of fused-ring (bicyclic) bond motifs is 1. The Bertz CT molecular complexity index is 851. The normalized spacial score (nSPS) is 15.9. The van der Waals surface area contributed by atoms with Crippen LogP contribution in [0.2, 0.25) is 0 Å². The molecule has 0 spiro atoms. The lowest BCUT2D eigenvalue weighted by molar-refractivity contribution is 0.0936. The van der Waals surface area contributed by atoms with E-state index in [1.54, 1.807) is 6.20 Å². The van der Waals surface area contributed by atoms with Gasteiger partial charge in [-0.1, -0.05) is 54.6 Å². The van der Waals surface area contributed by atoms with Crippen molar-refractivity contribution in [3.05, 3.63) is 94.8 Å². The predicted octanol–water partition coefficient (Wildman–Crippen LogP) is 4.02. The van der Waals surface area contributed by atoms with Crippen molar-refractivity contribution in [2.24, 2.45) is 0 Å². The van der Waals surface area contributed by atoms with E-state index < -0.39 is 0 Å². The summed E-state index contributed by atoms with van der Waals surface area (Å²) in [6, 6.07) is 18.7. The third-order valence-corrected chi connectivity index (χ3v) is 4.75. The van der Waals surface area contributed by atoms with Crippen LogP contribution in [0.4, 0.5) is 0 Å². The van der Waals surface area contributed by atoms with E-state index in [1.807, 2.05) is 30.5 Å². The summed E-state index contributed by atoms with van der Waals surface area (Å²) in [6.07, 6.45) is 6.49. The van der Waals surface area contributed by atoms with E-state index in [0.717, 1.165) is 30.4 Å². The number of hydrogen-bond acceptors (Lipinski definition) is 1. The zero-order chi connectivity index (χ0) is 16.4. The van der Waals surface area contributed by atoms with Crippen LogP contribution in [0.15, 0.2) is 67.0 Å². The minimum Gasteiger partial charge on any atom is -0.367 e. The molecule has 0 radical (unpaired) electrons. The summed E-state index contributed by atoms with van der Waals surface area (Å²) in [4.78, 5) is 15.8. The second-order valence-electron chi connectivity index (χ2n) is 6.32. The van der Waals surface area contributed by atoms with Gasteiger partial charge in [-0.05, 0) is 41.5 Å². The van der Waals surface area contributed by atoms with Crippen LogP contribution in [0.1, 0.15) is 45.1 Å². The molecule has 3 heteroatoms. The lowest BCUT2D eigenvalue weighted by atomic mass is 10.0. The van der Waals surface area contributed by atoms with Gasteiger partial charge in [0.05, 0.1) is 11.6 Å². The molecule has 3 nitrogen and oxygen atoms in total. The molecule has 1 heterocycles. The average Bonchev–Trinajstić information content (AvgIpc) is 3.23. The minimum absolute atomic E-state index is 0.00360. The van der Waals surface area contributed by atoms with Crippen molar-refractivity contribution in [3.63, 3.8) is 0 Å². The predicted molar refractivity (Wildman–Crippen MR) is 95.0 cm³/mol. The van der Waals surface area contributed by atoms with E-state index >= 15 is 0 Å². The molecule has 1 aliphatic rings. The van der Waals surface area contributed by atoms with Crippen LogP contribution < -0.4 is 5.32 Å². The second-order valence-corrected chi connectivity index (χ2v) is 6.32. The van der Waals surface area contributed by atoms with Crippen LogP contribution in [0.3, 0.4) is 0 Å². The first-order valence-corrected chi connectivity index (χ1v) is 8.39. The van der Waals surface area contributed by atoms with Crippen LogP contribution in [0.5, 0.6) is 0 Å². The van der Waals surface area contributed by atoms with Crippen molar-refractivity contribution in [1.82, 2.24) is 10.3 Å². The number of aromatic nitrogens is 1. The van der Waals surface area contributed by atoms with E-state index in [0.29, 0.717) is 0 Å². The van der Waals surface area contributed by atoms with Gasteiger partial charge < -0.3 is 10.3 Å². The molecule has 1 aromatic heterocycles. The van der Waals surface area contributed by atoms with Crippen molar-refractivity contribution in [2.45, 2.75) is 25.3 Å². The Morgan fingerprint density at radius 3 is 2.71 bits per heavy atom. The molecule has 4 rings (SSSR count). The summed E-state index contributed by atoms with van der Waals surface area (Å²) in [6.45, 7) is 0. The van der Waals surface area contributed by atoms with Crippen molar-refractivity contribution < 1.29 is 4.79 Å². The molecule has 1 atom stereocenters. The first-order valence-electron chi connectivity index (χ1n) is 8.39. The van der Waals surface area contributed by atoms with Gasteiger partial charge in [0.25, 0.3) is 5.91 Å². The van der Waals surface area contributed by atoms with Crippen molar-refractivity contribution >= 4 is 5.91 Å².